The molecule has 1 unspecified atom stereocenters. The van der Waals surface area contributed by atoms with Crippen LogP contribution >= 0.6 is 27.5 Å². The number of hydrogen-bond acceptors (Lipinski definition) is 1. The van der Waals surface area contributed by atoms with Gasteiger partial charge in [0, 0.05) is 9.50 Å². The Bertz CT molecular complexity index is 719. The Morgan fingerprint density at radius 3 is 2.81 bits per heavy atom. The van der Waals surface area contributed by atoms with E-state index >= 15 is 0 Å². The van der Waals surface area contributed by atoms with Crippen molar-refractivity contribution in [2.24, 2.45) is 0 Å². The molecule has 1 nitrogen and oxygen atoms in total. The zero-order valence-corrected chi connectivity index (χ0v) is 13.9. The van der Waals surface area contributed by atoms with E-state index in [2.05, 4.69) is 40.2 Å². The molecule has 1 aliphatic carbocycles. The van der Waals surface area contributed by atoms with Crippen molar-refractivity contribution < 1.29 is 0 Å². The second-order valence-electron chi connectivity index (χ2n) is 5.62. The fourth-order valence-electron chi connectivity index (χ4n) is 3.25. The summed E-state index contributed by atoms with van der Waals surface area (Å²) in [7, 11) is 0. The summed E-state index contributed by atoms with van der Waals surface area (Å²) in [6.45, 7) is 0. The molecule has 21 heavy (non-hydrogen) atoms. The molecule has 3 rings (SSSR count). The molecule has 0 bridgehead atoms. The predicted octanol–water partition coefficient (Wildman–Crippen LogP) is 5.44. The van der Waals surface area contributed by atoms with Gasteiger partial charge in [-0.3, -0.25) is 0 Å². The maximum absolute atomic E-state index is 9.89. The van der Waals surface area contributed by atoms with Crippen molar-refractivity contribution in [3.8, 4) is 6.07 Å². The van der Waals surface area contributed by atoms with Crippen LogP contribution in [0, 0.1) is 11.3 Å². The quantitative estimate of drug-likeness (QED) is 0.699. The van der Waals surface area contributed by atoms with Gasteiger partial charge in [0.25, 0.3) is 0 Å². The molecule has 0 saturated carbocycles. The Morgan fingerprint density at radius 1 is 1.24 bits per heavy atom. The first-order valence-corrected chi connectivity index (χ1v) is 8.25. The lowest BCUT2D eigenvalue weighted by molar-refractivity contribution is 0.450. The minimum atomic E-state index is -0.452. The monoisotopic (exact) mass is 359 g/mol. The van der Waals surface area contributed by atoms with E-state index in [0.29, 0.717) is 6.42 Å². The molecule has 1 atom stereocenters. The van der Waals surface area contributed by atoms with Crippen LogP contribution < -0.4 is 0 Å². The highest BCUT2D eigenvalue weighted by atomic mass is 79.9. The minimum absolute atomic E-state index is 0.452. The molecule has 1 aliphatic rings. The number of aryl methyl sites for hydroxylation is 1. The third-order valence-electron chi connectivity index (χ3n) is 4.30. The van der Waals surface area contributed by atoms with E-state index in [1.807, 2.05) is 24.3 Å². The fourth-order valence-corrected chi connectivity index (χ4v) is 3.99. The summed E-state index contributed by atoms with van der Waals surface area (Å²) in [6.07, 6.45) is 3.69. The molecule has 0 saturated heterocycles. The van der Waals surface area contributed by atoms with Gasteiger partial charge in [-0.05, 0) is 54.5 Å². The first-order chi connectivity index (χ1) is 10.1. The summed E-state index contributed by atoms with van der Waals surface area (Å²) < 4.78 is 0.964. The molecule has 2 aromatic carbocycles. The zero-order valence-electron chi connectivity index (χ0n) is 11.6. The molecule has 0 amide bonds. The van der Waals surface area contributed by atoms with Crippen LogP contribution in [0.1, 0.15) is 29.5 Å². The van der Waals surface area contributed by atoms with Gasteiger partial charge in [-0.2, -0.15) is 5.26 Å². The standard InChI is InChI=1S/C18H15BrClN/c19-15-8-7-14(17(20)10-15)11-18(12-21)9-3-5-13-4-1-2-6-16(13)18/h1-2,4,6-8,10H,3,5,9,11H2. The van der Waals surface area contributed by atoms with Crippen LogP contribution in [0.5, 0.6) is 0 Å². The van der Waals surface area contributed by atoms with Crippen LogP contribution in [0.15, 0.2) is 46.9 Å². The lowest BCUT2D eigenvalue weighted by atomic mass is 9.68. The topological polar surface area (TPSA) is 23.8 Å². The van der Waals surface area contributed by atoms with Crippen LogP contribution in [0.25, 0.3) is 0 Å². The molecule has 0 aromatic heterocycles. The van der Waals surface area contributed by atoms with E-state index < -0.39 is 5.41 Å². The lowest BCUT2D eigenvalue weighted by Crippen LogP contribution is -2.31. The van der Waals surface area contributed by atoms with Gasteiger partial charge in [0.1, 0.15) is 0 Å². The highest BCUT2D eigenvalue weighted by molar-refractivity contribution is 9.10. The van der Waals surface area contributed by atoms with E-state index in [9.17, 15) is 5.26 Å². The molecule has 0 N–H and O–H groups in total. The number of hydrogen-bond donors (Lipinski definition) is 0. The van der Waals surface area contributed by atoms with Gasteiger partial charge in [0.2, 0.25) is 0 Å². The first kappa shape index (κ1) is 14.6. The summed E-state index contributed by atoms with van der Waals surface area (Å²) in [4.78, 5) is 0. The SMILES string of the molecule is N#CC1(Cc2ccc(Br)cc2Cl)CCCc2ccccc21. The predicted molar refractivity (Wildman–Crippen MR) is 89.5 cm³/mol. The Kier molecular flexibility index (Phi) is 4.06. The van der Waals surface area contributed by atoms with Gasteiger partial charge in [-0.15, -0.1) is 0 Å². The van der Waals surface area contributed by atoms with E-state index in [0.717, 1.165) is 34.3 Å². The molecule has 3 heteroatoms. The number of nitrogens with zero attached hydrogens (tertiary/aromatic N) is 1. The molecule has 0 spiro atoms. The summed E-state index contributed by atoms with van der Waals surface area (Å²) in [5.41, 5.74) is 3.07. The zero-order chi connectivity index (χ0) is 14.9. The second-order valence-corrected chi connectivity index (χ2v) is 6.94. The minimum Gasteiger partial charge on any atom is -0.197 e. The maximum atomic E-state index is 9.89. The van der Waals surface area contributed by atoms with Crippen molar-refractivity contribution in [2.75, 3.05) is 0 Å². The van der Waals surface area contributed by atoms with Crippen LogP contribution in [-0.2, 0) is 18.3 Å². The van der Waals surface area contributed by atoms with Gasteiger partial charge < -0.3 is 0 Å². The lowest BCUT2D eigenvalue weighted by Gasteiger charge is -2.33. The van der Waals surface area contributed by atoms with E-state index in [1.165, 1.54) is 11.1 Å². The highest BCUT2D eigenvalue weighted by Crippen LogP contribution is 2.40. The molecular formula is C18H15BrClN. The Balaban J connectivity index is 2.05. The smallest absolute Gasteiger partial charge is 0.0865 e. The highest BCUT2D eigenvalue weighted by Gasteiger charge is 2.37. The van der Waals surface area contributed by atoms with Crippen molar-refractivity contribution in [1.29, 1.82) is 5.26 Å². The second kappa shape index (κ2) is 5.83. The van der Waals surface area contributed by atoms with Crippen molar-refractivity contribution in [2.45, 2.75) is 31.1 Å². The van der Waals surface area contributed by atoms with Crippen LogP contribution in [0.4, 0.5) is 0 Å². The van der Waals surface area contributed by atoms with E-state index in [1.54, 1.807) is 0 Å². The third kappa shape index (κ3) is 2.73. The van der Waals surface area contributed by atoms with Gasteiger partial charge >= 0.3 is 0 Å². The summed E-state index contributed by atoms with van der Waals surface area (Å²) in [6, 6.07) is 16.8. The molecule has 106 valence electrons. The first-order valence-electron chi connectivity index (χ1n) is 7.08. The van der Waals surface area contributed by atoms with E-state index in [-0.39, 0.29) is 0 Å². The average molecular weight is 361 g/mol. The van der Waals surface area contributed by atoms with Crippen LogP contribution in [0.2, 0.25) is 5.02 Å². The van der Waals surface area contributed by atoms with Gasteiger partial charge in [-0.1, -0.05) is 57.9 Å². The Hall–Kier alpha value is -1.30. The normalized spacial score (nSPS) is 20.6. The fraction of sp³-hybridized carbons (Fsp3) is 0.278. The third-order valence-corrected chi connectivity index (χ3v) is 5.15. The maximum Gasteiger partial charge on any atom is 0.0865 e. The van der Waals surface area contributed by atoms with E-state index in [4.69, 9.17) is 11.6 Å². The summed E-state index contributed by atoms with van der Waals surface area (Å²) in [5, 5.41) is 10.6. The number of nitriles is 1. The molecular weight excluding hydrogens is 346 g/mol. The summed E-state index contributed by atoms with van der Waals surface area (Å²) >= 11 is 9.78. The molecule has 0 fully saturated rings. The van der Waals surface area contributed by atoms with Crippen molar-refractivity contribution in [1.82, 2.24) is 0 Å². The molecule has 0 aliphatic heterocycles. The van der Waals surface area contributed by atoms with Gasteiger partial charge in [-0.25, -0.2) is 0 Å². The largest absolute Gasteiger partial charge is 0.197 e. The number of fused-ring (bicyclic) bond motifs is 1. The van der Waals surface area contributed by atoms with Crippen LogP contribution in [0.3, 0.4) is 0 Å². The van der Waals surface area contributed by atoms with Crippen molar-refractivity contribution in [3.05, 3.63) is 68.7 Å². The Labute approximate surface area is 138 Å². The number of rotatable bonds is 2. The number of halogens is 2. The van der Waals surface area contributed by atoms with Gasteiger partial charge in [0.05, 0.1) is 11.5 Å². The van der Waals surface area contributed by atoms with Crippen molar-refractivity contribution >= 4 is 27.5 Å². The van der Waals surface area contributed by atoms with Crippen molar-refractivity contribution in [3.63, 3.8) is 0 Å². The van der Waals surface area contributed by atoms with Crippen LogP contribution in [-0.4, -0.2) is 0 Å². The van der Waals surface area contributed by atoms with Gasteiger partial charge in [0.15, 0.2) is 0 Å². The summed E-state index contributed by atoms with van der Waals surface area (Å²) in [5.74, 6) is 0. The number of benzene rings is 2. The Morgan fingerprint density at radius 2 is 2.05 bits per heavy atom. The molecule has 0 heterocycles. The molecule has 2 aromatic rings. The average Bonchev–Trinajstić information content (AvgIpc) is 2.50. The molecule has 0 radical (unpaired) electrons.